The van der Waals surface area contributed by atoms with Crippen LogP contribution >= 0.6 is 15.9 Å². The normalized spacial score (nSPS) is 10.9. The van der Waals surface area contributed by atoms with E-state index in [0.717, 1.165) is 19.4 Å². The van der Waals surface area contributed by atoms with Crippen molar-refractivity contribution in [2.75, 3.05) is 13.2 Å². The Kier molecular flexibility index (Phi) is 6.52. The standard InChI is InChI=1S/C13H19BrFNO/c1-10(2)16-7-3-4-8-17-11-5-6-13(15)12(14)9-11/h5-6,9-10,16H,3-4,7-8H2,1-2H3. The summed E-state index contributed by atoms with van der Waals surface area (Å²) >= 11 is 3.13. The van der Waals surface area contributed by atoms with Gasteiger partial charge in [-0.2, -0.15) is 0 Å². The third-order valence-electron chi connectivity index (χ3n) is 2.28. The molecule has 0 atom stereocenters. The van der Waals surface area contributed by atoms with Crippen LogP contribution in [0.1, 0.15) is 26.7 Å². The molecule has 0 unspecified atom stereocenters. The third-order valence-corrected chi connectivity index (χ3v) is 2.89. The topological polar surface area (TPSA) is 21.3 Å². The summed E-state index contributed by atoms with van der Waals surface area (Å²) in [4.78, 5) is 0. The number of ether oxygens (including phenoxy) is 1. The molecule has 0 bridgehead atoms. The molecule has 2 nitrogen and oxygen atoms in total. The molecule has 0 aliphatic heterocycles. The van der Waals surface area contributed by atoms with Crippen LogP contribution < -0.4 is 10.1 Å². The van der Waals surface area contributed by atoms with Gasteiger partial charge in [0.15, 0.2) is 0 Å². The van der Waals surface area contributed by atoms with Crippen LogP contribution in [0.5, 0.6) is 5.75 Å². The van der Waals surface area contributed by atoms with Crippen molar-refractivity contribution in [2.24, 2.45) is 0 Å². The number of halogens is 2. The predicted molar refractivity (Wildman–Crippen MR) is 72.0 cm³/mol. The Balaban J connectivity index is 2.16. The van der Waals surface area contributed by atoms with E-state index in [1.165, 1.54) is 6.07 Å². The molecule has 17 heavy (non-hydrogen) atoms. The van der Waals surface area contributed by atoms with Gasteiger partial charge in [-0.25, -0.2) is 4.39 Å². The fraction of sp³-hybridized carbons (Fsp3) is 0.538. The summed E-state index contributed by atoms with van der Waals surface area (Å²) in [5, 5.41) is 3.35. The largest absolute Gasteiger partial charge is 0.494 e. The zero-order valence-electron chi connectivity index (χ0n) is 10.3. The highest BCUT2D eigenvalue weighted by Gasteiger charge is 2.01. The van der Waals surface area contributed by atoms with Crippen LogP contribution in [-0.4, -0.2) is 19.2 Å². The van der Waals surface area contributed by atoms with E-state index < -0.39 is 0 Å². The monoisotopic (exact) mass is 303 g/mol. The van der Waals surface area contributed by atoms with Crippen molar-refractivity contribution in [1.29, 1.82) is 0 Å². The van der Waals surface area contributed by atoms with E-state index in [1.807, 2.05) is 0 Å². The van der Waals surface area contributed by atoms with Gasteiger partial charge in [-0.05, 0) is 53.5 Å². The quantitative estimate of drug-likeness (QED) is 0.775. The third kappa shape index (κ3) is 6.03. The van der Waals surface area contributed by atoms with E-state index in [9.17, 15) is 4.39 Å². The summed E-state index contributed by atoms with van der Waals surface area (Å²) < 4.78 is 18.9. The molecule has 0 heterocycles. The van der Waals surface area contributed by atoms with Crippen LogP contribution in [0.25, 0.3) is 0 Å². The van der Waals surface area contributed by atoms with Gasteiger partial charge in [0, 0.05) is 6.04 Å². The van der Waals surface area contributed by atoms with Gasteiger partial charge in [-0.15, -0.1) is 0 Å². The maximum atomic E-state index is 13.0. The number of hydrogen-bond acceptors (Lipinski definition) is 2. The molecule has 0 aliphatic carbocycles. The van der Waals surface area contributed by atoms with E-state index in [0.29, 0.717) is 22.9 Å². The fourth-order valence-corrected chi connectivity index (χ4v) is 1.73. The highest BCUT2D eigenvalue weighted by molar-refractivity contribution is 9.10. The fourth-order valence-electron chi connectivity index (χ4n) is 1.37. The molecule has 1 rings (SSSR count). The molecule has 0 radical (unpaired) electrons. The molecule has 0 aliphatic rings. The van der Waals surface area contributed by atoms with Crippen molar-refractivity contribution in [3.8, 4) is 5.75 Å². The second-order valence-electron chi connectivity index (χ2n) is 4.24. The number of nitrogens with one attached hydrogen (secondary N) is 1. The van der Waals surface area contributed by atoms with Crippen molar-refractivity contribution in [2.45, 2.75) is 32.7 Å². The van der Waals surface area contributed by atoms with Crippen molar-refractivity contribution in [1.82, 2.24) is 5.32 Å². The van der Waals surface area contributed by atoms with Crippen molar-refractivity contribution in [3.63, 3.8) is 0 Å². The zero-order valence-corrected chi connectivity index (χ0v) is 11.9. The Labute approximate surface area is 111 Å². The molecule has 1 N–H and O–H groups in total. The first-order chi connectivity index (χ1) is 8.09. The van der Waals surface area contributed by atoms with Crippen molar-refractivity contribution >= 4 is 15.9 Å². The lowest BCUT2D eigenvalue weighted by Crippen LogP contribution is -2.23. The maximum absolute atomic E-state index is 13.0. The minimum absolute atomic E-state index is 0.265. The summed E-state index contributed by atoms with van der Waals surface area (Å²) in [6.45, 7) is 5.94. The molecule has 96 valence electrons. The lowest BCUT2D eigenvalue weighted by atomic mass is 10.3. The van der Waals surface area contributed by atoms with Crippen molar-refractivity contribution in [3.05, 3.63) is 28.5 Å². The predicted octanol–water partition coefficient (Wildman–Crippen LogP) is 3.75. The summed E-state index contributed by atoms with van der Waals surface area (Å²) in [6.07, 6.45) is 2.08. The van der Waals surface area contributed by atoms with E-state index >= 15 is 0 Å². The second-order valence-corrected chi connectivity index (χ2v) is 5.09. The average Bonchev–Trinajstić information content (AvgIpc) is 2.27. The molecule has 1 aromatic rings. The highest BCUT2D eigenvalue weighted by atomic mass is 79.9. The van der Waals surface area contributed by atoms with Crippen LogP contribution in [0.2, 0.25) is 0 Å². The SMILES string of the molecule is CC(C)NCCCCOc1ccc(F)c(Br)c1. The number of unbranched alkanes of at least 4 members (excludes halogenated alkanes) is 1. The van der Waals surface area contributed by atoms with Crippen LogP contribution in [0.3, 0.4) is 0 Å². The molecule has 4 heteroatoms. The number of hydrogen-bond donors (Lipinski definition) is 1. The maximum Gasteiger partial charge on any atom is 0.137 e. The Morgan fingerprint density at radius 3 is 2.76 bits per heavy atom. The van der Waals surface area contributed by atoms with Crippen LogP contribution in [0.15, 0.2) is 22.7 Å². The molecular formula is C13H19BrFNO. The van der Waals surface area contributed by atoms with Crippen LogP contribution in [0, 0.1) is 5.82 Å². The minimum Gasteiger partial charge on any atom is -0.494 e. The van der Waals surface area contributed by atoms with Crippen LogP contribution in [-0.2, 0) is 0 Å². The van der Waals surface area contributed by atoms with E-state index in [4.69, 9.17) is 4.74 Å². The molecule has 0 amide bonds. The van der Waals surface area contributed by atoms with Gasteiger partial charge >= 0.3 is 0 Å². The summed E-state index contributed by atoms with van der Waals surface area (Å²) in [7, 11) is 0. The lowest BCUT2D eigenvalue weighted by molar-refractivity contribution is 0.304. The van der Waals surface area contributed by atoms with Gasteiger partial charge < -0.3 is 10.1 Å². The minimum atomic E-state index is -0.265. The Bertz CT molecular complexity index is 344. The van der Waals surface area contributed by atoms with Gasteiger partial charge in [0.1, 0.15) is 11.6 Å². The molecule has 0 saturated carbocycles. The van der Waals surface area contributed by atoms with Crippen LogP contribution in [0.4, 0.5) is 4.39 Å². The van der Waals surface area contributed by atoms with Crippen molar-refractivity contribution < 1.29 is 9.13 Å². The summed E-state index contributed by atoms with van der Waals surface area (Å²) in [6, 6.07) is 5.23. The molecular weight excluding hydrogens is 285 g/mol. The average molecular weight is 304 g/mol. The van der Waals surface area contributed by atoms with Gasteiger partial charge in [-0.3, -0.25) is 0 Å². The molecule has 0 fully saturated rings. The first-order valence-corrected chi connectivity index (χ1v) is 6.70. The molecule has 0 aromatic heterocycles. The zero-order chi connectivity index (χ0) is 12.7. The van der Waals surface area contributed by atoms with Gasteiger partial charge in [0.25, 0.3) is 0 Å². The summed E-state index contributed by atoms with van der Waals surface area (Å²) in [5.74, 6) is 0.438. The first kappa shape index (κ1) is 14.5. The lowest BCUT2D eigenvalue weighted by Gasteiger charge is -2.09. The van der Waals surface area contributed by atoms with Gasteiger partial charge in [0.05, 0.1) is 11.1 Å². The smallest absolute Gasteiger partial charge is 0.137 e. The number of rotatable bonds is 7. The number of benzene rings is 1. The van der Waals surface area contributed by atoms with E-state index in [1.54, 1.807) is 12.1 Å². The molecule has 0 spiro atoms. The Morgan fingerprint density at radius 1 is 1.35 bits per heavy atom. The van der Waals surface area contributed by atoms with Gasteiger partial charge in [0.2, 0.25) is 0 Å². The second kappa shape index (κ2) is 7.67. The highest BCUT2D eigenvalue weighted by Crippen LogP contribution is 2.21. The summed E-state index contributed by atoms with van der Waals surface area (Å²) in [5.41, 5.74) is 0. The van der Waals surface area contributed by atoms with E-state index in [-0.39, 0.29) is 5.82 Å². The van der Waals surface area contributed by atoms with E-state index in [2.05, 4.69) is 35.1 Å². The Morgan fingerprint density at radius 2 is 2.12 bits per heavy atom. The molecule has 1 aromatic carbocycles. The Hall–Kier alpha value is -0.610. The molecule has 0 saturated heterocycles. The van der Waals surface area contributed by atoms with Gasteiger partial charge in [-0.1, -0.05) is 13.8 Å². The first-order valence-electron chi connectivity index (χ1n) is 5.91.